The van der Waals surface area contributed by atoms with Crippen LogP contribution in [0.15, 0.2) is 65.5 Å². The van der Waals surface area contributed by atoms with Crippen LogP contribution < -0.4 is 5.56 Å². The molecule has 0 aliphatic rings. The van der Waals surface area contributed by atoms with Crippen LogP contribution in [-0.2, 0) is 0 Å². The fourth-order valence-corrected chi connectivity index (χ4v) is 3.64. The molecule has 27 heavy (non-hydrogen) atoms. The molecule has 0 aliphatic carbocycles. The highest BCUT2D eigenvalue weighted by Gasteiger charge is 2.17. The van der Waals surface area contributed by atoms with E-state index in [1.165, 1.54) is 0 Å². The third-order valence-electron chi connectivity index (χ3n) is 4.34. The average Bonchev–Trinajstić information content (AvgIpc) is 2.63. The maximum atomic E-state index is 12.7. The van der Waals surface area contributed by atoms with Crippen molar-refractivity contribution in [2.75, 3.05) is 0 Å². The van der Waals surface area contributed by atoms with Crippen molar-refractivity contribution in [2.24, 2.45) is 0 Å². The zero-order chi connectivity index (χ0) is 19.1. The molecule has 0 fully saturated rings. The lowest BCUT2D eigenvalue weighted by Crippen LogP contribution is -2.09. The van der Waals surface area contributed by atoms with E-state index in [1.807, 2.05) is 24.3 Å². The van der Waals surface area contributed by atoms with E-state index in [9.17, 15) is 9.90 Å². The van der Waals surface area contributed by atoms with Gasteiger partial charge in [0, 0.05) is 26.0 Å². The lowest BCUT2D eigenvalue weighted by molar-refractivity contribution is 0.482. The molecule has 0 saturated heterocycles. The lowest BCUT2D eigenvalue weighted by Gasteiger charge is -2.11. The van der Waals surface area contributed by atoms with Gasteiger partial charge in [0.05, 0.1) is 11.1 Å². The fraction of sp³-hybridized carbons (Fsp3) is 0. The Bertz CT molecular complexity index is 1250. The van der Waals surface area contributed by atoms with E-state index in [4.69, 9.17) is 34.8 Å². The van der Waals surface area contributed by atoms with E-state index in [0.717, 1.165) is 11.1 Å². The van der Waals surface area contributed by atoms with Gasteiger partial charge >= 0.3 is 0 Å². The number of pyridine rings is 1. The van der Waals surface area contributed by atoms with Crippen LogP contribution in [0.5, 0.6) is 5.75 Å². The van der Waals surface area contributed by atoms with E-state index in [0.29, 0.717) is 31.5 Å². The van der Waals surface area contributed by atoms with Crippen molar-refractivity contribution < 1.29 is 5.11 Å². The van der Waals surface area contributed by atoms with Crippen LogP contribution in [-0.4, -0.2) is 10.1 Å². The molecule has 3 aromatic carbocycles. The minimum atomic E-state index is -0.451. The Balaban J connectivity index is 1.97. The molecular formula is C21H12Cl3NO2. The molecular weight excluding hydrogens is 405 g/mol. The Kier molecular flexibility index (Phi) is 4.60. The number of H-pyrrole nitrogens is 1. The average molecular weight is 417 g/mol. The molecule has 6 heteroatoms. The second-order valence-corrected chi connectivity index (χ2v) is 7.35. The van der Waals surface area contributed by atoms with Gasteiger partial charge in [0.15, 0.2) is 0 Å². The number of aromatic hydroxyl groups is 1. The summed E-state index contributed by atoms with van der Waals surface area (Å²) < 4.78 is 0. The molecule has 1 heterocycles. The van der Waals surface area contributed by atoms with Gasteiger partial charge in [0.25, 0.3) is 5.56 Å². The minimum Gasteiger partial charge on any atom is -0.506 e. The molecule has 0 saturated carbocycles. The van der Waals surface area contributed by atoms with Crippen LogP contribution >= 0.6 is 34.8 Å². The van der Waals surface area contributed by atoms with Gasteiger partial charge in [0.2, 0.25) is 0 Å². The molecule has 1 aromatic heterocycles. The van der Waals surface area contributed by atoms with Gasteiger partial charge in [-0.3, -0.25) is 4.79 Å². The molecule has 0 bridgehead atoms. The van der Waals surface area contributed by atoms with E-state index >= 15 is 0 Å². The second-order valence-electron chi connectivity index (χ2n) is 6.07. The van der Waals surface area contributed by atoms with Crippen LogP contribution in [0, 0.1) is 0 Å². The first kappa shape index (κ1) is 17.9. The summed E-state index contributed by atoms with van der Waals surface area (Å²) >= 11 is 18.4. The van der Waals surface area contributed by atoms with Gasteiger partial charge in [-0.25, -0.2) is 0 Å². The molecule has 0 unspecified atom stereocenters. The Morgan fingerprint density at radius 3 is 2.33 bits per heavy atom. The highest BCUT2D eigenvalue weighted by Crippen LogP contribution is 2.38. The monoisotopic (exact) mass is 415 g/mol. The number of hydrogen-bond acceptors (Lipinski definition) is 2. The highest BCUT2D eigenvalue weighted by molar-refractivity contribution is 6.34. The second kappa shape index (κ2) is 6.93. The van der Waals surface area contributed by atoms with Gasteiger partial charge < -0.3 is 10.1 Å². The van der Waals surface area contributed by atoms with Crippen molar-refractivity contribution in [1.82, 2.24) is 4.98 Å². The largest absolute Gasteiger partial charge is 0.506 e. The van der Waals surface area contributed by atoms with Crippen LogP contribution in [0.2, 0.25) is 15.1 Å². The molecule has 2 N–H and O–H groups in total. The predicted octanol–water partition coefficient (Wildman–Crippen LogP) is 6.53. The normalized spacial score (nSPS) is 11.1. The first-order valence-electron chi connectivity index (χ1n) is 8.04. The third-order valence-corrected chi connectivity index (χ3v) is 5.14. The summed E-state index contributed by atoms with van der Waals surface area (Å²) in [5, 5.41) is 12.7. The first-order chi connectivity index (χ1) is 12.9. The van der Waals surface area contributed by atoms with Crippen LogP contribution in [0.4, 0.5) is 0 Å². The fourth-order valence-electron chi connectivity index (χ4n) is 3.07. The van der Waals surface area contributed by atoms with Gasteiger partial charge in [-0.05, 0) is 53.6 Å². The Labute approximate surface area is 169 Å². The molecule has 134 valence electrons. The van der Waals surface area contributed by atoms with Crippen molar-refractivity contribution in [2.45, 2.75) is 0 Å². The number of aromatic nitrogens is 1. The van der Waals surface area contributed by atoms with E-state index in [1.54, 1.807) is 36.4 Å². The van der Waals surface area contributed by atoms with Gasteiger partial charge in [0.1, 0.15) is 5.75 Å². The van der Waals surface area contributed by atoms with Crippen molar-refractivity contribution in [3.63, 3.8) is 0 Å². The van der Waals surface area contributed by atoms with Crippen LogP contribution in [0.3, 0.4) is 0 Å². The quantitative estimate of drug-likeness (QED) is 0.390. The Morgan fingerprint density at radius 2 is 1.56 bits per heavy atom. The van der Waals surface area contributed by atoms with E-state index < -0.39 is 5.56 Å². The summed E-state index contributed by atoms with van der Waals surface area (Å²) in [4.78, 5) is 15.4. The standard InChI is InChI=1S/C21H12Cl3NO2/c22-13-3-1-2-11(8-13)12-4-7-17(24)16(9-12)19-20(26)15-6-5-14(23)10-18(15)25-21(19)27/h1-10H,(H2,25,26,27). The summed E-state index contributed by atoms with van der Waals surface area (Å²) in [5.41, 5.74) is 2.25. The Morgan fingerprint density at radius 1 is 0.815 bits per heavy atom. The number of fused-ring (bicyclic) bond motifs is 1. The first-order valence-corrected chi connectivity index (χ1v) is 9.18. The highest BCUT2D eigenvalue weighted by atomic mass is 35.5. The van der Waals surface area contributed by atoms with E-state index in [2.05, 4.69) is 4.98 Å². The molecule has 0 aliphatic heterocycles. The summed E-state index contributed by atoms with van der Waals surface area (Å²) in [5.74, 6) is -0.143. The summed E-state index contributed by atoms with van der Waals surface area (Å²) in [6.45, 7) is 0. The minimum absolute atomic E-state index is 0.110. The smallest absolute Gasteiger partial charge is 0.260 e. The Hall–Kier alpha value is -2.46. The molecule has 0 spiro atoms. The zero-order valence-corrected chi connectivity index (χ0v) is 16.0. The number of aromatic amines is 1. The third kappa shape index (κ3) is 3.30. The number of benzene rings is 3. The van der Waals surface area contributed by atoms with Gasteiger partial charge in [-0.15, -0.1) is 0 Å². The number of nitrogens with one attached hydrogen (secondary N) is 1. The number of rotatable bonds is 2. The zero-order valence-electron chi connectivity index (χ0n) is 13.8. The topological polar surface area (TPSA) is 53.1 Å². The van der Waals surface area contributed by atoms with Crippen LogP contribution in [0.1, 0.15) is 0 Å². The molecule has 0 amide bonds. The van der Waals surface area contributed by atoms with Gasteiger partial charge in [-0.2, -0.15) is 0 Å². The van der Waals surface area contributed by atoms with Crippen molar-refractivity contribution >= 4 is 45.7 Å². The summed E-state index contributed by atoms with van der Waals surface area (Å²) in [7, 11) is 0. The molecule has 3 nitrogen and oxygen atoms in total. The van der Waals surface area contributed by atoms with Crippen molar-refractivity contribution in [3.05, 3.63) is 86.1 Å². The van der Waals surface area contributed by atoms with Crippen molar-refractivity contribution in [1.29, 1.82) is 0 Å². The molecule has 0 radical (unpaired) electrons. The van der Waals surface area contributed by atoms with Crippen LogP contribution in [0.25, 0.3) is 33.2 Å². The maximum Gasteiger partial charge on any atom is 0.260 e. The SMILES string of the molecule is O=c1[nH]c2cc(Cl)ccc2c(O)c1-c1cc(-c2cccc(Cl)c2)ccc1Cl. The number of halogens is 3. The molecule has 4 rings (SSSR count). The summed E-state index contributed by atoms with van der Waals surface area (Å²) in [6.07, 6.45) is 0. The van der Waals surface area contributed by atoms with Gasteiger partial charge in [-0.1, -0.05) is 53.0 Å². The maximum absolute atomic E-state index is 12.7. The number of hydrogen-bond donors (Lipinski definition) is 2. The van der Waals surface area contributed by atoms with Crippen molar-refractivity contribution in [3.8, 4) is 28.0 Å². The predicted molar refractivity (Wildman–Crippen MR) is 112 cm³/mol. The lowest BCUT2D eigenvalue weighted by atomic mass is 9.98. The van der Waals surface area contributed by atoms with E-state index in [-0.39, 0.29) is 11.3 Å². The molecule has 0 atom stereocenters. The summed E-state index contributed by atoms with van der Waals surface area (Å²) in [6, 6.07) is 17.5. The molecule has 4 aromatic rings.